The molecule has 0 bridgehead atoms. The molecule has 0 N–H and O–H groups in total. The molecular formula is C26H22N2. The number of hydrogen-bond acceptors (Lipinski definition) is 2. The number of rotatable bonds is 0. The number of nitrogens with zero attached hydrogens (tertiary/aromatic N) is 2. The molecule has 2 nitrogen and oxygen atoms in total. The molecule has 0 spiro atoms. The molecule has 136 valence electrons. The number of pyridine rings is 2. The van der Waals surface area contributed by atoms with Crippen LogP contribution in [0, 0.1) is 0 Å². The fourth-order valence-electron chi connectivity index (χ4n) is 5.69. The van der Waals surface area contributed by atoms with E-state index in [9.17, 15) is 0 Å². The van der Waals surface area contributed by atoms with Crippen LogP contribution >= 0.6 is 0 Å². The first-order chi connectivity index (χ1) is 13.4. The largest absolute Gasteiger partial charge is 0.264 e. The van der Waals surface area contributed by atoms with Crippen molar-refractivity contribution >= 4 is 10.8 Å². The fraction of sp³-hybridized carbons (Fsp3) is 0.231. The van der Waals surface area contributed by atoms with Crippen LogP contribution in [0.2, 0.25) is 0 Å². The minimum Gasteiger partial charge on any atom is -0.264 e. The Morgan fingerprint density at radius 1 is 0.714 bits per heavy atom. The van der Waals surface area contributed by atoms with Crippen molar-refractivity contribution in [2.45, 2.75) is 38.5 Å². The van der Waals surface area contributed by atoms with Crippen LogP contribution in [0.4, 0.5) is 0 Å². The first-order valence-corrected chi connectivity index (χ1v) is 9.94. The van der Waals surface area contributed by atoms with Crippen molar-refractivity contribution in [1.29, 1.82) is 0 Å². The van der Waals surface area contributed by atoms with Gasteiger partial charge in [0.2, 0.25) is 0 Å². The average Bonchev–Trinajstić information content (AvgIpc) is 3.08. The Hall–Kier alpha value is -3.00. The maximum atomic E-state index is 4.75. The normalized spacial score (nSPS) is 17.1. The van der Waals surface area contributed by atoms with E-state index in [1.54, 1.807) is 0 Å². The number of fused-ring (bicyclic) bond motifs is 9. The van der Waals surface area contributed by atoms with Crippen LogP contribution in [0.3, 0.4) is 0 Å². The van der Waals surface area contributed by atoms with Crippen molar-refractivity contribution in [3.05, 3.63) is 83.3 Å². The second kappa shape index (κ2) is 4.88. The summed E-state index contributed by atoms with van der Waals surface area (Å²) in [7, 11) is 0. The molecule has 0 radical (unpaired) electrons. The predicted molar refractivity (Wildman–Crippen MR) is 115 cm³/mol. The fourth-order valence-corrected chi connectivity index (χ4v) is 5.69. The molecule has 2 heteroatoms. The summed E-state index contributed by atoms with van der Waals surface area (Å²) in [5.41, 5.74) is 10.6. The molecule has 0 unspecified atom stereocenters. The highest BCUT2D eigenvalue weighted by Gasteiger charge is 2.45. The van der Waals surface area contributed by atoms with Gasteiger partial charge in [-0.1, -0.05) is 58.0 Å². The SMILES string of the molecule is CC1(C)c2cccnc2-c2ccc3c(c21)-c1ccc2ccncc2c1C3(C)C. The Kier molecular flexibility index (Phi) is 2.79. The molecule has 4 aromatic rings. The zero-order chi connectivity index (χ0) is 19.3. The number of benzene rings is 2. The van der Waals surface area contributed by atoms with Gasteiger partial charge in [0.05, 0.1) is 5.69 Å². The predicted octanol–water partition coefficient (Wildman–Crippen LogP) is 6.24. The van der Waals surface area contributed by atoms with Crippen molar-refractivity contribution in [2.24, 2.45) is 0 Å². The summed E-state index contributed by atoms with van der Waals surface area (Å²) in [6.45, 7) is 9.38. The van der Waals surface area contributed by atoms with Gasteiger partial charge in [0, 0.05) is 40.4 Å². The minimum absolute atomic E-state index is 0.0550. The lowest BCUT2D eigenvalue weighted by atomic mass is 9.77. The third-order valence-electron chi connectivity index (χ3n) is 6.96. The van der Waals surface area contributed by atoms with Gasteiger partial charge in [-0.25, -0.2) is 0 Å². The highest BCUT2D eigenvalue weighted by atomic mass is 14.7. The van der Waals surface area contributed by atoms with Gasteiger partial charge in [-0.15, -0.1) is 0 Å². The summed E-state index contributed by atoms with van der Waals surface area (Å²) in [6.07, 6.45) is 5.82. The van der Waals surface area contributed by atoms with Crippen LogP contribution in [-0.2, 0) is 10.8 Å². The molecule has 0 saturated heterocycles. The summed E-state index contributed by atoms with van der Waals surface area (Å²) < 4.78 is 0. The van der Waals surface area contributed by atoms with Gasteiger partial charge < -0.3 is 0 Å². The summed E-state index contributed by atoms with van der Waals surface area (Å²) in [4.78, 5) is 9.20. The molecule has 2 aromatic heterocycles. The van der Waals surface area contributed by atoms with Crippen LogP contribution in [0.5, 0.6) is 0 Å². The number of hydrogen-bond donors (Lipinski definition) is 0. The van der Waals surface area contributed by atoms with E-state index in [0.717, 1.165) is 5.69 Å². The van der Waals surface area contributed by atoms with Crippen LogP contribution in [0.1, 0.15) is 49.9 Å². The van der Waals surface area contributed by atoms with E-state index in [2.05, 4.69) is 75.1 Å². The van der Waals surface area contributed by atoms with E-state index < -0.39 is 0 Å². The topological polar surface area (TPSA) is 25.8 Å². The van der Waals surface area contributed by atoms with Crippen molar-refractivity contribution in [2.75, 3.05) is 0 Å². The summed E-state index contributed by atoms with van der Waals surface area (Å²) in [5, 5.41) is 2.52. The van der Waals surface area contributed by atoms with Crippen LogP contribution in [-0.4, -0.2) is 9.97 Å². The number of aromatic nitrogens is 2. The molecule has 0 amide bonds. The minimum atomic E-state index is -0.0636. The molecule has 0 saturated carbocycles. The smallest absolute Gasteiger partial charge is 0.0746 e. The Morgan fingerprint density at radius 3 is 2.36 bits per heavy atom. The van der Waals surface area contributed by atoms with E-state index in [4.69, 9.17) is 4.98 Å². The third-order valence-corrected chi connectivity index (χ3v) is 6.96. The quantitative estimate of drug-likeness (QED) is 0.370. The average molecular weight is 362 g/mol. The zero-order valence-corrected chi connectivity index (χ0v) is 16.7. The van der Waals surface area contributed by atoms with Crippen molar-refractivity contribution in [3.63, 3.8) is 0 Å². The van der Waals surface area contributed by atoms with Gasteiger partial charge >= 0.3 is 0 Å². The Labute approximate surface area is 165 Å². The van der Waals surface area contributed by atoms with Crippen molar-refractivity contribution in [3.8, 4) is 22.4 Å². The van der Waals surface area contributed by atoms with E-state index in [-0.39, 0.29) is 10.8 Å². The monoisotopic (exact) mass is 362 g/mol. The third kappa shape index (κ3) is 1.70. The second-order valence-electron chi connectivity index (χ2n) is 9.15. The molecule has 28 heavy (non-hydrogen) atoms. The first-order valence-electron chi connectivity index (χ1n) is 9.94. The molecule has 2 aromatic carbocycles. The standard InChI is InChI=1S/C26H22N2/c1-25(2)19-10-9-17-23(26(3,4)20-6-5-12-28-24(17)20)21(19)16-8-7-15-11-13-27-14-18(15)22(16)25/h5-14H,1-4H3. The van der Waals surface area contributed by atoms with Crippen LogP contribution < -0.4 is 0 Å². The Balaban J connectivity index is 1.78. The van der Waals surface area contributed by atoms with E-state index >= 15 is 0 Å². The lowest BCUT2D eigenvalue weighted by Gasteiger charge is -2.26. The van der Waals surface area contributed by atoms with E-state index in [0.29, 0.717) is 0 Å². The molecule has 2 aliphatic carbocycles. The maximum Gasteiger partial charge on any atom is 0.0746 e. The molecule has 0 atom stereocenters. The highest BCUT2D eigenvalue weighted by Crippen LogP contribution is 2.59. The van der Waals surface area contributed by atoms with Gasteiger partial charge in [0.15, 0.2) is 0 Å². The van der Waals surface area contributed by atoms with Gasteiger partial charge in [-0.05, 0) is 50.9 Å². The molecule has 2 heterocycles. The van der Waals surface area contributed by atoms with Crippen LogP contribution in [0.25, 0.3) is 33.2 Å². The Bertz CT molecular complexity index is 1310. The van der Waals surface area contributed by atoms with Gasteiger partial charge in [0.1, 0.15) is 0 Å². The molecule has 6 rings (SSSR count). The van der Waals surface area contributed by atoms with Crippen molar-refractivity contribution in [1.82, 2.24) is 9.97 Å². The molecule has 0 aliphatic heterocycles. The molecule has 2 aliphatic rings. The van der Waals surface area contributed by atoms with Gasteiger partial charge in [0.25, 0.3) is 0 Å². The zero-order valence-electron chi connectivity index (χ0n) is 16.7. The van der Waals surface area contributed by atoms with Crippen molar-refractivity contribution < 1.29 is 0 Å². The molecular weight excluding hydrogens is 340 g/mol. The van der Waals surface area contributed by atoms with Crippen LogP contribution in [0.15, 0.2) is 61.1 Å². The summed E-state index contributed by atoms with van der Waals surface area (Å²) in [6, 6.07) is 15.6. The lowest BCUT2D eigenvalue weighted by Crippen LogP contribution is -2.18. The van der Waals surface area contributed by atoms with E-state index in [1.165, 1.54) is 49.7 Å². The van der Waals surface area contributed by atoms with E-state index in [1.807, 2.05) is 18.6 Å². The summed E-state index contributed by atoms with van der Waals surface area (Å²) in [5.74, 6) is 0. The first kappa shape index (κ1) is 16.0. The lowest BCUT2D eigenvalue weighted by molar-refractivity contribution is 0.649. The van der Waals surface area contributed by atoms with Gasteiger partial charge in [-0.3, -0.25) is 9.97 Å². The highest BCUT2D eigenvalue weighted by molar-refractivity contribution is 6.00. The second-order valence-corrected chi connectivity index (χ2v) is 9.15. The maximum absolute atomic E-state index is 4.75. The van der Waals surface area contributed by atoms with Gasteiger partial charge in [-0.2, -0.15) is 0 Å². The Morgan fingerprint density at radius 2 is 1.50 bits per heavy atom. The summed E-state index contributed by atoms with van der Waals surface area (Å²) >= 11 is 0. The molecule has 0 fully saturated rings.